The van der Waals surface area contributed by atoms with Crippen molar-refractivity contribution in [1.29, 1.82) is 0 Å². The molecule has 0 spiro atoms. The minimum Gasteiger partial charge on any atom is -0.309 e. The Kier molecular flexibility index (Phi) is 2.90. The van der Waals surface area contributed by atoms with Gasteiger partial charge < -0.3 is 5.32 Å². The van der Waals surface area contributed by atoms with Gasteiger partial charge in [-0.2, -0.15) is 0 Å². The van der Waals surface area contributed by atoms with Crippen molar-refractivity contribution in [3.63, 3.8) is 0 Å². The molecule has 1 aromatic heterocycles. The molecule has 0 amide bonds. The lowest BCUT2D eigenvalue weighted by atomic mass is 10.0. The number of carbonyl (C=O) groups is 1. The number of nitrogens with zero attached hydrogens (tertiary/aromatic N) is 1. The van der Waals surface area contributed by atoms with Crippen LogP contribution in [0.5, 0.6) is 0 Å². The summed E-state index contributed by atoms with van der Waals surface area (Å²) in [6, 6.07) is 11.6. The first-order valence-electron chi connectivity index (χ1n) is 6.08. The highest BCUT2D eigenvalue weighted by Gasteiger charge is 2.13. The molecule has 0 unspecified atom stereocenters. The second kappa shape index (κ2) is 4.70. The molecular formula is C15H14N2O. The van der Waals surface area contributed by atoms with Gasteiger partial charge in [-0.1, -0.05) is 18.2 Å². The summed E-state index contributed by atoms with van der Waals surface area (Å²) in [6.45, 7) is 1.77. The molecule has 0 radical (unpaired) electrons. The Hall–Kier alpha value is -2.00. The minimum atomic E-state index is 0.128. The number of ketones is 1. The van der Waals surface area contributed by atoms with Crippen molar-refractivity contribution in [2.75, 3.05) is 0 Å². The summed E-state index contributed by atoms with van der Waals surface area (Å²) < 4.78 is 0. The van der Waals surface area contributed by atoms with Crippen LogP contribution in [0.1, 0.15) is 27.2 Å². The van der Waals surface area contributed by atoms with Gasteiger partial charge in [0.1, 0.15) is 0 Å². The fourth-order valence-electron chi connectivity index (χ4n) is 2.24. The molecule has 0 saturated carbocycles. The highest BCUT2D eigenvalue weighted by Crippen LogP contribution is 2.18. The Balaban J connectivity index is 1.81. The normalized spacial score (nSPS) is 13.3. The second-order valence-electron chi connectivity index (χ2n) is 4.51. The highest BCUT2D eigenvalue weighted by atomic mass is 16.1. The topological polar surface area (TPSA) is 42.0 Å². The van der Waals surface area contributed by atoms with Gasteiger partial charge >= 0.3 is 0 Å². The van der Waals surface area contributed by atoms with Crippen molar-refractivity contribution in [1.82, 2.24) is 10.3 Å². The zero-order valence-corrected chi connectivity index (χ0v) is 10.0. The van der Waals surface area contributed by atoms with Crippen molar-refractivity contribution in [3.8, 4) is 0 Å². The number of pyridine rings is 1. The van der Waals surface area contributed by atoms with Crippen LogP contribution in [0.4, 0.5) is 0 Å². The van der Waals surface area contributed by atoms with E-state index in [-0.39, 0.29) is 5.78 Å². The maximum absolute atomic E-state index is 12.2. The van der Waals surface area contributed by atoms with E-state index >= 15 is 0 Å². The number of nitrogens with one attached hydrogen (secondary N) is 1. The monoisotopic (exact) mass is 238 g/mol. The number of hydrogen-bond donors (Lipinski definition) is 1. The zero-order chi connectivity index (χ0) is 12.4. The van der Waals surface area contributed by atoms with Crippen LogP contribution in [0.2, 0.25) is 0 Å². The van der Waals surface area contributed by atoms with Crippen LogP contribution in [0.25, 0.3) is 0 Å². The van der Waals surface area contributed by atoms with Crippen LogP contribution in [0, 0.1) is 0 Å². The molecule has 0 saturated heterocycles. The highest BCUT2D eigenvalue weighted by molar-refractivity contribution is 5.97. The summed E-state index contributed by atoms with van der Waals surface area (Å²) >= 11 is 0. The number of hydrogen-bond acceptors (Lipinski definition) is 3. The van der Waals surface area contributed by atoms with Gasteiger partial charge in [0, 0.05) is 30.5 Å². The number of Topliss-reactive ketones (excluding diaryl/α,β-unsaturated/α-hetero) is 1. The third kappa shape index (κ3) is 2.17. The van der Waals surface area contributed by atoms with Gasteiger partial charge in [-0.05, 0) is 29.3 Å². The number of rotatable bonds is 3. The van der Waals surface area contributed by atoms with E-state index in [1.807, 2.05) is 36.4 Å². The molecule has 0 fully saturated rings. The van der Waals surface area contributed by atoms with Gasteiger partial charge in [0.25, 0.3) is 0 Å². The second-order valence-corrected chi connectivity index (χ2v) is 4.51. The maximum atomic E-state index is 12.2. The third-order valence-electron chi connectivity index (χ3n) is 3.23. The maximum Gasteiger partial charge on any atom is 0.168 e. The van der Waals surface area contributed by atoms with Gasteiger partial charge in [0.2, 0.25) is 0 Å². The molecule has 0 bridgehead atoms. The largest absolute Gasteiger partial charge is 0.309 e. The van der Waals surface area contributed by atoms with Crippen molar-refractivity contribution < 1.29 is 4.79 Å². The van der Waals surface area contributed by atoms with E-state index in [1.54, 1.807) is 6.20 Å². The molecule has 18 heavy (non-hydrogen) atoms. The Morgan fingerprint density at radius 3 is 2.89 bits per heavy atom. The van der Waals surface area contributed by atoms with Crippen molar-refractivity contribution in [3.05, 3.63) is 65.0 Å². The summed E-state index contributed by atoms with van der Waals surface area (Å²) in [6.07, 6.45) is 2.09. The van der Waals surface area contributed by atoms with Crippen LogP contribution >= 0.6 is 0 Å². The third-order valence-corrected chi connectivity index (χ3v) is 3.23. The molecule has 2 heterocycles. The molecule has 1 aliphatic rings. The molecule has 0 aliphatic carbocycles. The lowest BCUT2D eigenvalue weighted by molar-refractivity contribution is 0.0992. The molecule has 90 valence electrons. The molecule has 2 aromatic rings. The molecule has 1 aliphatic heterocycles. The van der Waals surface area contributed by atoms with Crippen molar-refractivity contribution in [2.45, 2.75) is 19.5 Å². The first-order valence-corrected chi connectivity index (χ1v) is 6.08. The lowest BCUT2D eigenvalue weighted by Gasteiger charge is -2.03. The quantitative estimate of drug-likeness (QED) is 0.833. The zero-order valence-electron chi connectivity index (χ0n) is 10.0. The van der Waals surface area contributed by atoms with Crippen LogP contribution in [-0.4, -0.2) is 10.8 Å². The SMILES string of the molecule is O=C(Cc1ccccn1)c1ccc2c(c1)CNC2. The van der Waals surface area contributed by atoms with E-state index < -0.39 is 0 Å². The number of carbonyl (C=O) groups excluding carboxylic acids is 1. The first kappa shape index (κ1) is 11.1. The molecule has 1 N–H and O–H groups in total. The molecule has 3 nitrogen and oxygen atoms in total. The summed E-state index contributed by atoms with van der Waals surface area (Å²) in [5, 5.41) is 3.28. The smallest absolute Gasteiger partial charge is 0.168 e. The Morgan fingerprint density at radius 2 is 2.06 bits per heavy atom. The summed E-state index contributed by atoms with van der Waals surface area (Å²) in [7, 11) is 0. The Labute approximate surface area is 106 Å². The van der Waals surface area contributed by atoms with E-state index in [1.165, 1.54) is 11.1 Å². The van der Waals surface area contributed by atoms with Gasteiger partial charge in [-0.15, -0.1) is 0 Å². The van der Waals surface area contributed by atoms with E-state index in [2.05, 4.69) is 10.3 Å². The van der Waals surface area contributed by atoms with E-state index in [0.717, 1.165) is 24.3 Å². The van der Waals surface area contributed by atoms with Crippen LogP contribution in [-0.2, 0) is 19.5 Å². The molecule has 3 heteroatoms. The lowest BCUT2D eigenvalue weighted by Crippen LogP contribution is -2.05. The molecule has 3 rings (SSSR count). The average molecular weight is 238 g/mol. The average Bonchev–Trinajstić information content (AvgIpc) is 2.87. The predicted octanol–water partition coefficient (Wildman–Crippen LogP) is 2.11. The molecule has 0 atom stereocenters. The summed E-state index contributed by atoms with van der Waals surface area (Å²) in [5.74, 6) is 0.128. The number of fused-ring (bicyclic) bond motifs is 1. The Morgan fingerprint density at radius 1 is 1.17 bits per heavy atom. The summed E-state index contributed by atoms with van der Waals surface area (Å²) in [4.78, 5) is 16.3. The van der Waals surface area contributed by atoms with Crippen molar-refractivity contribution in [2.24, 2.45) is 0 Å². The van der Waals surface area contributed by atoms with Gasteiger partial charge in [0.15, 0.2) is 5.78 Å². The van der Waals surface area contributed by atoms with E-state index in [9.17, 15) is 4.79 Å². The fraction of sp³-hybridized carbons (Fsp3) is 0.200. The number of aromatic nitrogens is 1. The molecular weight excluding hydrogens is 224 g/mol. The van der Waals surface area contributed by atoms with E-state index in [0.29, 0.717) is 6.42 Å². The number of benzene rings is 1. The van der Waals surface area contributed by atoms with E-state index in [4.69, 9.17) is 0 Å². The Bertz CT molecular complexity index is 578. The van der Waals surface area contributed by atoms with Gasteiger partial charge in [0.05, 0.1) is 6.42 Å². The summed E-state index contributed by atoms with van der Waals surface area (Å²) in [5.41, 5.74) is 4.13. The van der Waals surface area contributed by atoms with Gasteiger partial charge in [-0.3, -0.25) is 9.78 Å². The first-order chi connectivity index (χ1) is 8.83. The van der Waals surface area contributed by atoms with Crippen LogP contribution in [0.3, 0.4) is 0 Å². The standard InChI is InChI=1S/C15H14N2O/c18-15(8-14-3-1-2-6-17-14)11-4-5-12-9-16-10-13(12)7-11/h1-7,16H,8-10H2. The minimum absolute atomic E-state index is 0.128. The van der Waals surface area contributed by atoms with Crippen LogP contribution < -0.4 is 5.32 Å². The predicted molar refractivity (Wildman–Crippen MR) is 69.3 cm³/mol. The van der Waals surface area contributed by atoms with Crippen LogP contribution in [0.15, 0.2) is 42.6 Å². The molecule has 1 aromatic carbocycles. The van der Waals surface area contributed by atoms with Crippen molar-refractivity contribution >= 4 is 5.78 Å². The van der Waals surface area contributed by atoms with Gasteiger partial charge in [-0.25, -0.2) is 0 Å². The fourth-order valence-corrected chi connectivity index (χ4v) is 2.24.